The SMILES string of the molecule is c1ccc(CCN2CCC[C@@H]2c2ccc(Cc3ccccc3)cn2)cc1. The van der Waals surface area contributed by atoms with Crippen LogP contribution < -0.4 is 0 Å². The quantitative estimate of drug-likeness (QED) is 0.623. The van der Waals surface area contributed by atoms with Crippen molar-refractivity contribution in [1.29, 1.82) is 0 Å². The molecule has 1 aliphatic rings. The van der Waals surface area contributed by atoms with Gasteiger partial charge in [-0.3, -0.25) is 9.88 Å². The van der Waals surface area contributed by atoms with Crippen LogP contribution in [0.2, 0.25) is 0 Å². The fourth-order valence-corrected chi connectivity index (χ4v) is 3.92. The molecule has 0 saturated carbocycles. The van der Waals surface area contributed by atoms with Crippen LogP contribution in [0, 0.1) is 0 Å². The van der Waals surface area contributed by atoms with E-state index in [1.54, 1.807) is 0 Å². The molecule has 0 spiro atoms. The van der Waals surface area contributed by atoms with Crippen molar-refractivity contribution in [2.45, 2.75) is 31.7 Å². The minimum atomic E-state index is 0.476. The number of rotatable bonds is 6. The van der Waals surface area contributed by atoms with Gasteiger partial charge < -0.3 is 0 Å². The van der Waals surface area contributed by atoms with Crippen molar-refractivity contribution in [3.63, 3.8) is 0 Å². The molecule has 2 aromatic carbocycles. The first-order chi connectivity index (χ1) is 12.9. The Morgan fingerprint density at radius 1 is 0.808 bits per heavy atom. The molecule has 0 unspecified atom stereocenters. The molecule has 0 N–H and O–H groups in total. The van der Waals surface area contributed by atoms with Crippen molar-refractivity contribution in [2.75, 3.05) is 13.1 Å². The van der Waals surface area contributed by atoms with Gasteiger partial charge in [-0.05, 0) is 55.0 Å². The van der Waals surface area contributed by atoms with Crippen LogP contribution in [0.25, 0.3) is 0 Å². The van der Waals surface area contributed by atoms with E-state index in [-0.39, 0.29) is 0 Å². The maximum atomic E-state index is 4.82. The van der Waals surface area contributed by atoms with E-state index in [0.29, 0.717) is 6.04 Å². The maximum absolute atomic E-state index is 4.82. The van der Waals surface area contributed by atoms with E-state index in [4.69, 9.17) is 4.98 Å². The molecule has 0 aliphatic carbocycles. The Hall–Kier alpha value is -2.45. The first-order valence-electron chi connectivity index (χ1n) is 9.65. The van der Waals surface area contributed by atoms with Crippen molar-refractivity contribution in [3.05, 3.63) is 101 Å². The van der Waals surface area contributed by atoms with Crippen LogP contribution in [0.4, 0.5) is 0 Å². The molecule has 26 heavy (non-hydrogen) atoms. The summed E-state index contributed by atoms with van der Waals surface area (Å²) in [5.74, 6) is 0. The number of hydrogen-bond donors (Lipinski definition) is 0. The van der Waals surface area contributed by atoms with Crippen molar-refractivity contribution < 1.29 is 0 Å². The van der Waals surface area contributed by atoms with Crippen molar-refractivity contribution in [2.24, 2.45) is 0 Å². The molecule has 1 atom stereocenters. The lowest BCUT2D eigenvalue weighted by atomic mass is 10.0. The highest BCUT2D eigenvalue weighted by Gasteiger charge is 2.26. The van der Waals surface area contributed by atoms with E-state index in [1.165, 1.54) is 41.8 Å². The van der Waals surface area contributed by atoms with Gasteiger partial charge in [0.15, 0.2) is 0 Å². The van der Waals surface area contributed by atoms with Crippen LogP contribution in [0.1, 0.15) is 41.3 Å². The fourth-order valence-electron chi connectivity index (χ4n) is 3.92. The summed E-state index contributed by atoms with van der Waals surface area (Å²) in [6, 6.07) is 26.4. The molecule has 2 nitrogen and oxygen atoms in total. The second-order valence-corrected chi connectivity index (χ2v) is 7.18. The van der Waals surface area contributed by atoms with Gasteiger partial charge in [-0.1, -0.05) is 66.7 Å². The molecule has 3 aromatic rings. The summed E-state index contributed by atoms with van der Waals surface area (Å²) in [6.07, 6.45) is 6.63. The molecule has 0 bridgehead atoms. The summed E-state index contributed by atoms with van der Waals surface area (Å²) < 4.78 is 0. The zero-order chi connectivity index (χ0) is 17.6. The van der Waals surface area contributed by atoms with Crippen LogP contribution in [-0.4, -0.2) is 23.0 Å². The number of hydrogen-bond acceptors (Lipinski definition) is 2. The number of benzene rings is 2. The lowest BCUT2D eigenvalue weighted by molar-refractivity contribution is 0.256. The van der Waals surface area contributed by atoms with Gasteiger partial charge in [-0.15, -0.1) is 0 Å². The second-order valence-electron chi connectivity index (χ2n) is 7.18. The van der Waals surface area contributed by atoms with Gasteiger partial charge in [0.2, 0.25) is 0 Å². The molecule has 0 radical (unpaired) electrons. The Labute approximate surface area is 156 Å². The molecule has 132 valence electrons. The highest BCUT2D eigenvalue weighted by Crippen LogP contribution is 2.30. The third kappa shape index (κ3) is 4.20. The van der Waals surface area contributed by atoms with Gasteiger partial charge in [0.25, 0.3) is 0 Å². The van der Waals surface area contributed by atoms with E-state index in [2.05, 4.69) is 83.9 Å². The Morgan fingerprint density at radius 2 is 1.54 bits per heavy atom. The monoisotopic (exact) mass is 342 g/mol. The van der Waals surface area contributed by atoms with Crippen LogP contribution in [0.15, 0.2) is 79.0 Å². The fraction of sp³-hybridized carbons (Fsp3) is 0.292. The minimum Gasteiger partial charge on any atom is -0.294 e. The predicted molar refractivity (Wildman–Crippen MR) is 107 cm³/mol. The van der Waals surface area contributed by atoms with E-state index >= 15 is 0 Å². The normalized spacial score (nSPS) is 17.5. The third-order valence-corrected chi connectivity index (χ3v) is 5.33. The van der Waals surface area contributed by atoms with E-state index in [1.807, 2.05) is 0 Å². The lowest BCUT2D eigenvalue weighted by Gasteiger charge is -2.24. The van der Waals surface area contributed by atoms with Gasteiger partial charge >= 0.3 is 0 Å². The van der Waals surface area contributed by atoms with Gasteiger partial charge in [0.1, 0.15) is 0 Å². The van der Waals surface area contributed by atoms with Crippen LogP contribution in [-0.2, 0) is 12.8 Å². The molecule has 1 fully saturated rings. The average molecular weight is 342 g/mol. The van der Waals surface area contributed by atoms with E-state index in [9.17, 15) is 0 Å². The Bertz CT molecular complexity index is 797. The topological polar surface area (TPSA) is 16.1 Å². The summed E-state index contributed by atoms with van der Waals surface area (Å²) in [7, 11) is 0. The number of pyridine rings is 1. The molecule has 0 amide bonds. The highest BCUT2D eigenvalue weighted by atomic mass is 15.2. The first kappa shape index (κ1) is 17.0. The summed E-state index contributed by atoms with van der Waals surface area (Å²) in [4.78, 5) is 7.42. The smallest absolute Gasteiger partial charge is 0.0575 e. The van der Waals surface area contributed by atoms with Crippen molar-refractivity contribution in [3.8, 4) is 0 Å². The predicted octanol–water partition coefficient (Wildman–Crippen LogP) is 5.05. The summed E-state index contributed by atoms with van der Waals surface area (Å²) in [6.45, 7) is 2.30. The molecule has 2 heteroatoms. The third-order valence-electron chi connectivity index (χ3n) is 5.33. The molecular formula is C24H26N2. The molecular weight excluding hydrogens is 316 g/mol. The number of aromatic nitrogens is 1. The van der Waals surface area contributed by atoms with E-state index in [0.717, 1.165) is 19.4 Å². The number of likely N-dealkylation sites (tertiary alicyclic amines) is 1. The minimum absolute atomic E-state index is 0.476. The zero-order valence-corrected chi connectivity index (χ0v) is 15.2. The Morgan fingerprint density at radius 3 is 2.23 bits per heavy atom. The lowest BCUT2D eigenvalue weighted by Crippen LogP contribution is -2.26. The first-order valence-corrected chi connectivity index (χ1v) is 9.65. The maximum Gasteiger partial charge on any atom is 0.0575 e. The molecule has 2 heterocycles. The molecule has 1 saturated heterocycles. The second kappa shape index (κ2) is 8.29. The number of nitrogens with zero attached hydrogens (tertiary/aromatic N) is 2. The van der Waals surface area contributed by atoms with Gasteiger partial charge in [-0.2, -0.15) is 0 Å². The molecule has 1 aliphatic heterocycles. The molecule has 1 aromatic heterocycles. The van der Waals surface area contributed by atoms with E-state index < -0.39 is 0 Å². The largest absolute Gasteiger partial charge is 0.294 e. The van der Waals surface area contributed by atoms with Crippen LogP contribution in [0.3, 0.4) is 0 Å². The average Bonchev–Trinajstić information content (AvgIpc) is 3.17. The van der Waals surface area contributed by atoms with Gasteiger partial charge in [0.05, 0.1) is 11.7 Å². The molecule has 4 rings (SSSR count). The highest BCUT2D eigenvalue weighted by molar-refractivity contribution is 5.26. The standard InChI is InChI=1S/C24H26N2/c1-3-8-20(9-4-1)15-17-26-16-7-12-24(26)23-14-13-22(19-25-23)18-21-10-5-2-6-11-21/h1-6,8-11,13-14,19,24H,7,12,15-18H2/t24-/m1/s1. The summed E-state index contributed by atoms with van der Waals surface area (Å²) in [5.41, 5.74) is 5.28. The Balaban J connectivity index is 1.39. The van der Waals surface area contributed by atoms with Gasteiger partial charge in [0, 0.05) is 12.7 Å². The summed E-state index contributed by atoms with van der Waals surface area (Å²) >= 11 is 0. The van der Waals surface area contributed by atoms with Crippen molar-refractivity contribution in [1.82, 2.24) is 9.88 Å². The Kier molecular flexibility index (Phi) is 5.41. The van der Waals surface area contributed by atoms with Crippen molar-refractivity contribution >= 4 is 0 Å². The van der Waals surface area contributed by atoms with Crippen LogP contribution in [0.5, 0.6) is 0 Å². The zero-order valence-electron chi connectivity index (χ0n) is 15.2. The summed E-state index contributed by atoms with van der Waals surface area (Å²) in [5, 5.41) is 0. The van der Waals surface area contributed by atoms with Crippen LogP contribution >= 0.6 is 0 Å². The van der Waals surface area contributed by atoms with Gasteiger partial charge in [-0.25, -0.2) is 0 Å².